The number of aromatic nitrogens is 3. The molecule has 2 heterocycles. The van der Waals surface area contributed by atoms with Crippen molar-refractivity contribution in [3.8, 4) is 0 Å². The fraction of sp³-hybridized carbons (Fsp3) is 0.300. The van der Waals surface area contributed by atoms with Crippen LogP contribution in [0.3, 0.4) is 0 Å². The molecule has 0 fully saturated rings. The van der Waals surface area contributed by atoms with Crippen molar-refractivity contribution in [2.75, 3.05) is 5.32 Å². The molecule has 0 aromatic carbocycles. The third kappa shape index (κ3) is 2.82. The van der Waals surface area contributed by atoms with Crippen LogP contribution in [0, 0.1) is 6.92 Å². The topological polar surface area (TPSA) is 79.8 Å². The minimum atomic E-state index is -0.135. The molecule has 0 aliphatic rings. The first kappa shape index (κ1) is 11.6. The summed E-state index contributed by atoms with van der Waals surface area (Å²) >= 11 is 1.15. The van der Waals surface area contributed by atoms with Crippen LogP contribution in [-0.4, -0.2) is 20.7 Å². The van der Waals surface area contributed by atoms with Gasteiger partial charge in [0.2, 0.25) is 5.91 Å². The lowest BCUT2D eigenvalue weighted by atomic mass is 10.3. The van der Waals surface area contributed by atoms with E-state index in [1.54, 1.807) is 16.1 Å². The van der Waals surface area contributed by atoms with Crippen LogP contribution in [0.4, 0.5) is 5.69 Å². The fourth-order valence-corrected chi connectivity index (χ4v) is 2.19. The third-order valence-corrected chi connectivity index (χ3v) is 3.20. The summed E-state index contributed by atoms with van der Waals surface area (Å²) in [4.78, 5) is 22.9. The Kier molecular flexibility index (Phi) is 3.38. The van der Waals surface area contributed by atoms with Crippen molar-refractivity contribution in [2.24, 2.45) is 0 Å². The first-order chi connectivity index (χ1) is 8.16. The van der Waals surface area contributed by atoms with Gasteiger partial charge in [0.05, 0.1) is 11.9 Å². The molecule has 0 saturated carbocycles. The van der Waals surface area contributed by atoms with Crippen molar-refractivity contribution in [1.82, 2.24) is 14.8 Å². The summed E-state index contributed by atoms with van der Waals surface area (Å²) in [6, 6.07) is 0. The Labute approximate surface area is 101 Å². The predicted molar refractivity (Wildman–Crippen MR) is 65.2 cm³/mol. The van der Waals surface area contributed by atoms with Crippen molar-refractivity contribution in [3.05, 3.63) is 33.1 Å². The Morgan fingerprint density at radius 1 is 1.65 bits per heavy atom. The molecule has 0 saturated heterocycles. The minimum absolute atomic E-state index is 0.0291. The summed E-state index contributed by atoms with van der Waals surface area (Å²) in [6.45, 7) is 2.25. The van der Waals surface area contributed by atoms with Gasteiger partial charge in [0.25, 0.3) is 0 Å². The van der Waals surface area contributed by atoms with Gasteiger partial charge in [-0.3, -0.25) is 14.7 Å². The van der Waals surface area contributed by atoms with Gasteiger partial charge in [-0.1, -0.05) is 11.3 Å². The highest BCUT2D eigenvalue weighted by Crippen LogP contribution is 2.04. The normalized spacial score (nSPS) is 10.4. The zero-order chi connectivity index (χ0) is 12.3. The van der Waals surface area contributed by atoms with Gasteiger partial charge in [0.1, 0.15) is 0 Å². The molecule has 0 spiro atoms. The van der Waals surface area contributed by atoms with Crippen LogP contribution in [0.25, 0.3) is 0 Å². The quantitative estimate of drug-likeness (QED) is 0.851. The van der Waals surface area contributed by atoms with Crippen molar-refractivity contribution in [3.63, 3.8) is 0 Å². The lowest BCUT2D eigenvalue weighted by molar-refractivity contribution is -0.116. The number of nitrogens with one attached hydrogen (secondary N) is 2. The third-order valence-electron chi connectivity index (χ3n) is 2.32. The van der Waals surface area contributed by atoms with Crippen molar-refractivity contribution in [1.29, 1.82) is 0 Å². The summed E-state index contributed by atoms with van der Waals surface area (Å²) in [5.41, 5.74) is 1.51. The zero-order valence-corrected chi connectivity index (χ0v) is 10.1. The van der Waals surface area contributed by atoms with Crippen molar-refractivity contribution in [2.45, 2.75) is 19.9 Å². The molecule has 2 N–H and O–H groups in total. The number of aromatic amines is 1. The molecule has 0 radical (unpaired) electrons. The molecule has 2 rings (SSSR count). The van der Waals surface area contributed by atoms with E-state index in [9.17, 15) is 9.59 Å². The number of H-pyrrole nitrogens is 1. The highest BCUT2D eigenvalue weighted by molar-refractivity contribution is 7.07. The molecular formula is C10H12N4O2S. The number of anilines is 1. The van der Waals surface area contributed by atoms with Crippen molar-refractivity contribution >= 4 is 22.9 Å². The van der Waals surface area contributed by atoms with E-state index in [2.05, 4.69) is 15.5 Å². The second-order valence-electron chi connectivity index (χ2n) is 3.58. The molecule has 2 aromatic heterocycles. The Hall–Kier alpha value is -1.89. The molecular weight excluding hydrogens is 240 g/mol. The molecule has 6 nitrogen and oxygen atoms in total. The zero-order valence-electron chi connectivity index (χ0n) is 9.27. The molecule has 2 aromatic rings. The number of hydrogen-bond donors (Lipinski definition) is 2. The Balaban J connectivity index is 1.90. The number of amides is 1. The van der Waals surface area contributed by atoms with E-state index in [0.717, 1.165) is 17.0 Å². The van der Waals surface area contributed by atoms with Crippen LogP contribution in [0.5, 0.6) is 0 Å². The van der Waals surface area contributed by atoms with Crippen molar-refractivity contribution < 1.29 is 4.79 Å². The molecule has 7 heteroatoms. The summed E-state index contributed by atoms with van der Waals surface area (Å²) in [7, 11) is 0. The number of hydrogen-bond acceptors (Lipinski definition) is 4. The summed E-state index contributed by atoms with van der Waals surface area (Å²) in [6.07, 6.45) is 3.39. The van der Waals surface area contributed by atoms with E-state index >= 15 is 0 Å². The molecule has 0 atom stereocenters. The number of carbonyl (C=O) groups excluding carboxylic acids is 1. The summed E-state index contributed by atoms with van der Waals surface area (Å²) < 4.78 is 1.60. The maximum Gasteiger partial charge on any atom is 0.307 e. The van der Waals surface area contributed by atoms with Crippen LogP contribution in [0.2, 0.25) is 0 Å². The SMILES string of the molecule is Cc1csc(=O)n1CCC(=O)Nc1cn[nH]c1. The molecule has 0 aliphatic heterocycles. The Morgan fingerprint density at radius 3 is 3.06 bits per heavy atom. The molecule has 17 heavy (non-hydrogen) atoms. The van der Waals surface area contributed by atoms with Crippen LogP contribution < -0.4 is 10.2 Å². The Bertz CT molecular complexity index is 555. The van der Waals surface area contributed by atoms with Crippen LogP contribution in [0.15, 0.2) is 22.6 Å². The predicted octanol–water partition coefficient (Wildman–Crippen LogP) is 0.970. The smallest absolute Gasteiger partial charge is 0.307 e. The molecule has 0 aliphatic carbocycles. The largest absolute Gasteiger partial charge is 0.323 e. The van der Waals surface area contributed by atoms with Crippen LogP contribution >= 0.6 is 11.3 Å². The Morgan fingerprint density at radius 2 is 2.47 bits per heavy atom. The van der Waals surface area contributed by atoms with Gasteiger partial charge < -0.3 is 9.88 Å². The van der Waals surface area contributed by atoms with Gasteiger partial charge >= 0.3 is 4.87 Å². The maximum atomic E-state index is 11.6. The van der Waals surface area contributed by atoms with E-state index in [0.29, 0.717) is 12.2 Å². The lowest BCUT2D eigenvalue weighted by Gasteiger charge is -2.04. The summed E-state index contributed by atoms with van der Waals surface area (Å²) in [5, 5.41) is 10.8. The van der Waals surface area contributed by atoms with Gasteiger partial charge in [-0.2, -0.15) is 5.10 Å². The van der Waals surface area contributed by atoms with Gasteiger partial charge in [0, 0.05) is 30.2 Å². The highest BCUT2D eigenvalue weighted by atomic mass is 32.1. The molecule has 90 valence electrons. The molecule has 0 bridgehead atoms. The first-order valence-corrected chi connectivity index (χ1v) is 5.98. The van der Waals surface area contributed by atoms with Gasteiger partial charge in [0.15, 0.2) is 0 Å². The standard InChI is InChI=1S/C10H12N4O2S/c1-7-6-17-10(16)14(7)3-2-9(15)13-8-4-11-12-5-8/h4-6H,2-3H2,1H3,(H,11,12)(H,13,15). The highest BCUT2D eigenvalue weighted by Gasteiger charge is 2.07. The van der Waals surface area contributed by atoms with Gasteiger partial charge in [-0.15, -0.1) is 0 Å². The van der Waals surface area contributed by atoms with Gasteiger partial charge in [-0.05, 0) is 6.92 Å². The van der Waals surface area contributed by atoms with E-state index in [1.165, 1.54) is 6.20 Å². The van der Waals surface area contributed by atoms with E-state index in [-0.39, 0.29) is 17.2 Å². The number of thiazole rings is 1. The minimum Gasteiger partial charge on any atom is -0.323 e. The fourth-order valence-electron chi connectivity index (χ4n) is 1.43. The number of carbonyl (C=O) groups is 1. The second kappa shape index (κ2) is 4.96. The summed E-state index contributed by atoms with van der Waals surface area (Å²) in [5.74, 6) is -0.135. The number of rotatable bonds is 4. The first-order valence-electron chi connectivity index (χ1n) is 5.10. The number of aryl methyl sites for hydroxylation is 1. The van der Waals surface area contributed by atoms with Crippen LogP contribution in [-0.2, 0) is 11.3 Å². The van der Waals surface area contributed by atoms with E-state index in [4.69, 9.17) is 0 Å². The van der Waals surface area contributed by atoms with E-state index in [1.807, 2.05) is 6.92 Å². The second-order valence-corrected chi connectivity index (χ2v) is 4.40. The maximum absolute atomic E-state index is 11.6. The monoisotopic (exact) mass is 252 g/mol. The molecule has 1 amide bonds. The van der Waals surface area contributed by atoms with Gasteiger partial charge in [-0.25, -0.2) is 0 Å². The lowest BCUT2D eigenvalue weighted by Crippen LogP contribution is -2.20. The van der Waals surface area contributed by atoms with Crippen LogP contribution in [0.1, 0.15) is 12.1 Å². The molecule has 0 unspecified atom stereocenters. The average molecular weight is 252 g/mol. The van der Waals surface area contributed by atoms with E-state index < -0.39 is 0 Å². The average Bonchev–Trinajstić information content (AvgIpc) is 2.88. The number of nitrogens with zero attached hydrogens (tertiary/aromatic N) is 2.